The minimum absolute atomic E-state index is 0.0820. The minimum Gasteiger partial charge on any atom is -0.464 e. The Balaban J connectivity index is 1.52. The van der Waals surface area contributed by atoms with Gasteiger partial charge in [-0.05, 0) is 36.6 Å². The third-order valence-electron chi connectivity index (χ3n) is 4.95. The van der Waals surface area contributed by atoms with Crippen molar-refractivity contribution >= 4 is 33.6 Å². The first-order valence-corrected chi connectivity index (χ1v) is 8.99. The number of carbonyl (C=O) groups is 2. The van der Waals surface area contributed by atoms with Crippen LogP contribution in [0.3, 0.4) is 0 Å². The van der Waals surface area contributed by atoms with Crippen LogP contribution in [0.2, 0.25) is 0 Å². The maximum atomic E-state index is 12.4. The largest absolute Gasteiger partial charge is 0.464 e. The van der Waals surface area contributed by atoms with E-state index in [2.05, 4.69) is 0 Å². The molecule has 0 bridgehead atoms. The highest BCUT2D eigenvalue weighted by Gasteiger charge is 2.26. The number of nitrogens with zero attached hydrogens (tertiary/aromatic N) is 1. The van der Waals surface area contributed by atoms with Gasteiger partial charge >= 0.3 is 5.97 Å². The molecule has 5 nitrogen and oxygen atoms in total. The van der Waals surface area contributed by atoms with Gasteiger partial charge in [-0.25, -0.2) is 0 Å². The van der Waals surface area contributed by atoms with Crippen molar-refractivity contribution in [1.29, 1.82) is 0 Å². The number of furan rings is 1. The number of carbonyl (C=O) groups excluding carboxylic acids is 2. The van der Waals surface area contributed by atoms with E-state index in [4.69, 9.17) is 9.15 Å². The highest BCUT2D eigenvalue weighted by Crippen LogP contribution is 2.30. The molecule has 1 fully saturated rings. The zero-order valence-corrected chi connectivity index (χ0v) is 14.7. The van der Waals surface area contributed by atoms with E-state index in [-0.39, 0.29) is 12.3 Å². The van der Waals surface area contributed by atoms with Crippen molar-refractivity contribution < 1.29 is 18.7 Å². The molecular formula is C21H21NO4. The lowest BCUT2D eigenvalue weighted by molar-refractivity contribution is -0.158. The molecule has 1 aliphatic heterocycles. The number of benzene rings is 2. The van der Waals surface area contributed by atoms with Crippen LogP contribution in [0.5, 0.6) is 0 Å². The van der Waals surface area contributed by atoms with Crippen LogP contribution in [0.1, 0.15) is 25.3 Å². The molecule has 1 saturated heterocycles. The zero-order chi connectivity index (χ0) is 18.1. The fourth-order valence-electron chi connectivity index (χ4n) is 3.64. The van der Waals surface area contributed by atoms with Gasteiger partial charge < -0.3 is 14.1 Å². The molecule has 26 heavy (non-hydrogen) atoms. The topological polar surface area (TPSA) is 59.8 Å². The summed E-state index contributed by atoms with van der Waals surface area (Å²) in [5, 5.41) is 3.06. The van der Waals surface area contributed by atoms with E-state index in [0.717, 1.165) is 53.2 Å². The van der Waals surface area contributed by atoms with Crippen molar-refractivity contribution in [3.63, 3.8) is 0 Å². The van der Waals surface area contributed by atoms with Gasteiger partial charge in [0.2, 0.25) is 0 Å². The van der Waals surface area contributed by atoms with E-state index in [0.29, 0.717) is 0 Å². The van der Waals surface area contributed by atoms with Gasteiger partial charge in [0, 0.05) is 24.0 Å². The van der Waals surface area contributed by atoms with Crippen LogP contribution >= 0.6 is 0 Å². The fourth-order valence-corrected chi connectivity index (χ4v) is 3.64. The summed E-state index contributed by atoms with van der Waals surface area (Å²) in [5.41, 5.74) is 1.52. The van der Waals surface area contributed by atoms with Crippen LogP contribution in [0, 0.1) is 0 Å². The number of amides is 1. The average Bonchev–Trinajstić information content (AvgIpc) is 3.31. The molecule has 1 aromatic heterocycles. The zero-order valence-electron chi connectivity index (χ0n) is 14.7. The second-order valence-corrected chi connectivity index (χ2v) is 6.76. The Hall–Kier alpha value is -2.82. The Morgan fingerprint density at radius 1 is 1.15 bits per heavy atom. The van der Waals surface area contributed by atoms with Crippen molar-refractivity contribution in [3.05, 3.63) is 48.2 Å². The normalized spacial score (nSPS) is 15.5. The molecule has 0 unspecified atom stereocenters. The van der Waals surface area contributed by atoms with Crippen LogP contribution in [0.4, 0.5) is 0 Å². The summed E-state index contributed by atoms with van der Waals surface area (Å²) < 4.78 is 11.0. The summed E-state index contributed by atoms with van der Waals surface area (Å²) in [4.78, 5) is 26.4. The van der Waals surface area contributed by atoms with Crippen molar-refractivity contribution in [2.45, 2.75) is 32.3 Å². The molecule has 0 radical (unpaired) electrons. The highest BCUT2D eigenvalue weighted by atomic mass is 16.5. The predicted octanol–water partition coefficient (Wildman–Crippen LogP) is 3.68. The molecule has 3 aromatic rings. The Bertz CT molecular complexity index is 968. The molecule has 5 heteroatoms. The average molecular weight is 351 g/mol. The summed E-state index contributed by atoms with van der Waals surface area (Å²) >= 11 is 0. The molecule has 1 aliphatic rings. The number of likely N-dealkylation sites (tertiary alicyclic amines) is 1. The predicted molar refractivity (Wildman–Crippen MR) is 98.8 cm³/mol. The molecule has 1 atom stereocenters. The summed E-state index contributed by atoms with van der Waals surface area (Å²) in [6.07, 6.45) is 2.96. The Morgan fingerprint density at radius 2 is 1.92 bits per heavy atom. The Morgan fingerprint density at radius 3 is 2.73 bits per heavy atom. The van der Waals surface area contributed by atoms with Crippen LogP contribution in [0.25, 0.3) is 21.7 Å². The van der Waals surface area contributed by atoms with Crippen LogP contribution < -0.4 is 0 Å². The quantitative estimate of drug-likeness (QED) is 0.673. The van der Waals surface area contributed by atoms with Gasteiger partial charge in [0.05, 0.1) is 12.7 Å². The first kappa shape index (κ1) is 16.6. The maximum Gasteiger partial charge on any atom is 0.311 e. The number of rotatable bonds is 4. The van der Waals surface area contributed by atoms with Crippen molar-refractivity contribution in [3.8, 4) is 0 Å². The standard InChI is InChI=1S/C21H21NO4/c1-14(21(24)22-10-4-5-11-22)26-19(23)12-16-13-25-18-9-8-15-6-2-3-7-17(15)20(16)18/h2-3,6-9,13-14H,4-5,10-12H2,1H3/t14-/m0/s1. The Kier molecular flexibility index (Phi) is 4.37. The first-order valence-electron chi connectivity index (χ1n) is 8.99. The van der Waals surface area contributed by atoms with Crippen molar-refractivity contribution in [1.82, 2.24) is 4.90 Å². The fraction of sp³-hybridized carbons (Fsp3) is 0.333. The van der Waals surface area contributed by atoms with Gasteiger partial charge in [-0.3, -0.25) is 9.59 Å². The second-order valence-electron chi connectivity index (χ2n) is 6.76. The summed E-state index contributed by atoms with van der Waals surface area (Å²) in [5.74, 6) is -0.529. The molecule has 0 aliphatic carbocycles. The number of hydrogen-bond acceptors (Lipinski definition) is 4. The lowest BCUT2D eigenvalue weighted by Gasteiger charge is -2.20. The monoisotopic (exact) mass is 351 g/mol. The van der Waals surface area contributed by atoms with E-state index in [1.54, 1.807) is 18.1 Å². The van der Waals surface area contributed by atoms with Crippen molar-refractivity contribution in [2.24, 2.45) is 0 Å². The number of esters is 1. The highest BCUT2D eigenvalue weighted by molar-refractivity contribution is 6.08. The van der Waals surface area contributed by atoms with Gasteiger partial charge in [-0.1, -0.05) is 30.3 Å². The van der Waals surface area contributed by atoms with E-state index in [9.17, 15) is 9.59 Å². The molecule has 134 valence electrons. The molecular weight excluding hydrogens is 330 g/mol. The lowest BCUT2D eigenvalue weighted by atomic mass is 10.0. The van der Waals surface area contributed by atoms with E-state index in [1.165, 1.54) is 0 Å². The van der Waals surface area contributed by atoms with E-state index >= 15 is 0 Å². The number of hydrogen-bond donors (Lipinski definition) is 0. The maximum absolute atomic E-state index is 12.4. The molecule has 0 N–H and O–H groups in total. The second kappa shape index (κ2) is 6.83. The third-order valence-corrected chi connectivity index (χ3v) is 4.95. The van der Waals surface area contributed by atoms with Gasteiger partial charge in [0.25, 0.3) is 5.91 Å². The number of fused-ring (bicyclic) bond motifs is 3. The van der Waals surface area contributed by atoms with E-state index in [1.807, 2.05) is 36.4 Å². The molecule has 4 rings (SSSR count). The summed E-state index contributed by atoms with van der Waals surface area (Å²) in [6.45, 7) is 3.14. The first-order chi connectivity index (χ1) is 12.6. The smallest absolute Gasteiger partial charge is 0.311 e. The van der Waals surface area contributed by atoms with Crippen LogP contribution in [0.15, 0.2) is 47.1 Å². The number of ether oxygens (including phenoxy) is 1. The Labute approximate surface area is 151 Å². The molecule has 2 heterocycles. The third kappa shape index (κ3) is 3.05. The SMILES string of the molecule is C[C@H](OC(=O)Cc1coc2ccc3ccccc3c12)C(=O)N1CCCC1. The lowest BCUT2D eigenvalue weighted by Crippen LogP contribution is -2.38. The van der Waals surface area contributed by atoms with Gasteiger partial charge in [-0.2, -0.15) is 0 Å². The summed E-state index contributed by atoms with van der Waals surface area (Å²) in [6, 6.07) is 11.9. The van der Waals surface area contributed by atoms with Crippen LogP contribution in [-0.4, -0.2) is 36.0 Å². The van der Waals surface area contributed by atoms with E-state index < -0.39 is 12.1 Å². The molecule has 0 spiro atoms. The van der Waals surface area contributed by atoms with Gasteiger partial charge in [-0.15, -0.1) is 0 Å². The van der Waals surface area contributed by atoms with Crippen molar-refractivity contribution in [2.75, 3.05) is 13.1 Å². The minimum atomic E-state index is -0.754. The molecule has 0 saturated carbocycles. The van der Waals surface area contributed by atoms with Gasteiger partial charge in [0.15, 0.2) is 6.10 Å². The molecule has 2 aromatic carbocycles. The van der Waals surface area contributed by atoms with Gasteiger partial charge in [0.1, 0.15) is 5.58 Å². The molecule has 1 amide bonds. The summed E-state index contributed by atoms with van der Waals surface area (Å²) in [7, 11) is 0. The van der Waals surface area contributed by atoms with Crippen LogP contribution in [-0.2, 0) is 20.7 Å².